The summed E-state index contributed by atoms with van der Waals surface area (Å²) in [5.41, 5.74) is 0.0934. The molecule has 0 aliphatic heterocycles. The Morgan fingerprint density at radius 2 is 2.00 bits per heavy atom. The zero-order valence-electron chi connectivity index (χ0n) is 9.22. The molecule has 4 nitrogen and oxygen atoms in total. The molecule has 1 aromatic carbocycles. The number of nitrogens with zero attached hydrogens (tertiary/aromatic N) is 1. The molecule has 1 amide bonds. The van der Waals surface area contributed by atoms with Crippen LogP contribution in [0.25, 0.3) is 0 Å². The average molecular weight is 255 g/mol. The predicted molar refractivity (Wildman–Crippen MR) is 57.6 cm³/mol. The van der Waals surface area contributed by atoms with Crippen LogP contribution in [-0.2, 0) is 0 Å². The Labute approximate surface area is 99.9 Å². The first-order chi connectivity index (χ1) is 8.50. The van der Waals surface area contributed by atoms with Crippen molar-refractivity contribution in [3.8, 4) is 0 Å². The van der Waals surface area contributed by atoms with Crippen molar-refractivity contribution >= 4 is 11.6 Å². The molecule has 18 heavy (non-hydrogen) atoms. The number of rotatable bonds is 2. The van der Waals surface area contributed by atoms with Crippen molar-refractivity contribution in [2.75, 3.05) is 5.32 Å². The molecule has 0 saturated carbocycles. The summed E-state index contributed by atoms with van der Waals surface area (Å²) in [7, 11) is 0. The van der Waals surface area contributed by atoms with Gasteiger partial charge in [-0.25, -0.2) is 18.2 Å². The summed E-state index contributed by atoms with van der Waals surface area (Å²) in [6, 6.07) is 1.67. The molecule has 1 aromatic heterocycles. The zero-order valence-corrected chi connectivity index (χ0v) is 9.22. The predicted octanol–water partition coefficient (Wildman–Crippen LogP) is 2.39. The Hall–Kier alpha value is -2.31. The first-order valence-electron chi connectivity index (χ1n) is 4.95. The van der Waals surface area contributed by atoms with Gasteiger partial charge in [0.25, 0.3) is 5.91 Å². The second-order valence-corrected chi connectivity index (χ2v) is 3.55. The molecule has 0 fully saturated rings. The van der Waals surface area contributed by atoms with E-state index in [2.05, 4.69) is 15.3 Å². The van der Waals surface area contributed by atoms with Crippen LogP contribution in [0.2, 0.25) is 0 Å². The van der Waals surface area contributed by atoms with E-state index in [0.29, 0.717) is 5.69 Å². The molecule has 7 heteroatoms. The van der Waals surface area contributed by atoms with Crippen molar-refractivity contribution in [1.82, 2.24) is 9.97 Å². The van der Waals surface area contributed by atoms with Crippen LogP contribution in [-0.4, -0.2) is 15.9 Å². The van der Waals surface area contributed by atoms with Gasteiger partial charge in [-0.05, 0) is 19.1 Å². The molecule has 1 heterocycles. The van der Waals surface area contributed by atoms with E-state index in [9.17, 15) is 18.0 Å². The Morgan fingerprint density at radius 1 is 1.28 bits per heavy atom. The Bertz CT molecular complexity index is 610. The van der Waals surface area contributed by atoms with Gasteiger partial charge in [0.2, 0.25) is 0 Å². The number of imidazole rings is 1. The monoisotopic (exact) mass is 255 g/mol. The van der Waals surface area contributed by atoms with Gasteiger partial charge in [0.1, 0.15) is 5.69 Å². The van der Waals surface area contributed by atoms with Crippen LogP contribution in [0.5, 0.6) is 0 Å². The maximum atomic E-state index is 13.3. The highest BCUT2D eigenvalue weighted by atomic mass is 19.2. The second kappa shape index (κ2) is 4.52. The largest absolute Gasteiger partial charge is 0.348 e. The zero-order chi connectivity index (χ0) is 13.3. The summed E-state index contributed by atoms with van der Waals surface area (Å²) < 4.78 is 38.9. The van der Waals surface area contributed by atoms with E-state index < -0.39 is 29.0 Å². The first kappa shape index (κ1) is 12.2. The molecule has 2 aromatic rings. The molecule has 0 atom stereocenters. The molecule has 0 unspecified atom stereocenters. The Morgan fingerprint density at radius 3 is 2.61 bits per heavy atom. The number of hydrogen-bond donors (Lipinski definition) is 2. The third-order valence-electron chi connectivity index (χ3n) is 2.33. The van der Waals surface area contributed by atoms with Crippen molar-refractivity contribution in [3.05, 3.63) is 47.3 Å². The molecule has 0 aliphatic carbocycles. The third kappa shape index (κ3) is 2.06. The topological polar surface area (TPSA) is 57.8 Å². The lowest BCUT2D eigenvalue weighted by atomic mass is 10.2. The number of aromatic nitrogens is 2. The standard InChI is InChI=1S/C11H8F3N3O/c1-5-10(16-4-15-5)11(18)17-7-3-2-6(12)8(13)9(7)14/h2-4H,1H3,(H,15,16)(H,17,18). The molecular formula is C11H8F3N3O. The smallest absolute Gasteiger partial charge is 0.276 e. The lowest BCUT2D eigenvalue weighted by Gasteiger charge is -2.06. The molecule has 0 bridgehead atoms. The highest BCUT2D eigenvalue weighted by Gasteiger charge is 2.17. The lowest BCUT2D eigenvalue weighted by molar-refractivity contribution is 0.102. The van der Waals surface area contributed by atoms with Crippen molar-refractivity contribution in [2.45, 2.75) is 6.92 Å². The minimum atomic E-state index is -1.63. The number of H-pyrrole nitrogens is 1. The van der Waals surface area contributed by atoms with Crippen molar-refractivity contribution in [2.24, 2.45) is 0 Å². The number of halogens is 3. The quantitative estimate of drug-likeness (QED) is 0.809. The van der Waals surface area contributed by atoms with E-state index in [-0.39, 0.29) is 5.69 Å². The number of amides is 1. The van der Waals surface area contributed by atoms with E-state index in [4.69, 9.17) is 0 Å². The minimum Gasteiger partial charge on any atom is -0.348 e. The summed E-state index contributed by atoms with van der Waals surface area (Å²) in [6.07, 6.45) is 1.30. The number of hydrogen-bond acceptors (Lipinski definition) is 2. The van der Waals surface area contributed by atoms with Crippen LogP contribution in [0.4, 0.5) is 18.9 Å². The van der Waals surface area contributed by atoms with Crippen LogP contribution >= 0.6 is 0 Å². The van der Waals surface area contributed by atoms with E-state index in [0.717, 1.165) is 12.1 Å². The summed E-state index contributed by atoms with van der Waals surface area (Å²) in [5.74, 6) is -5.11. The summed E-state index contributed by atoms with van der Waals surface area (Å²) in [5, 5.41) is 2.12. The van der Waals surface area contributed by atoms with Crippen LogP contribution in [0.3, 0.4) is 0 Å². The maximum Gasteiger partial charge on any atom is 0.276 e. The number of carbonyl (C=O) groups is 1. The van der Waals surface area contributed by atoms with E-state index in [1.165, 1.54) is 6.33 Å². The third-order valence-corrected chi connectivity index (χ3v) is 2.33. The molecule has 94 valence electrons. The van der Waals surface area contributed by atoms with E-state index >= 15 is 0 Å². The van der Waals surface area contributed by atoms with Crippen molar-refractivity contribution in [3.63, 3.8) is 0 Å². The van der Waals surface area contributed by atoms with Gasteiger partial charge in [0, 0.05) is 5.69 Å². The Balaban J connectivity index is 2.28. The van der Waals surface area contributed by atoms with Crippen molar-refractivity contribution in [1.29, 1.82) is 0 Å². The number of nitrogens with one attached hydrogen (secondary N) is 2. The van der Waals surface area contributed by atoms with Crippen LogP contribution in [0.1, 0.15) is 16.2 Å². The number of carbonyl (C=O) groups excluding carboxylic acids is 1. The molecule has 0 radical (unpaired) electrons. The van der Waals surface area contributed by atoms with Crippen LogP contribution in [0.15, 0.2) is 18.5 Å². The lowest BCUT2D eigenvalue weighted by Crippen LogP contribution is -2.15. The van der Waals surface area contributed by atoms with Gasteiger partial charge in [-0.2, -0.15) is 0 Å². The Kier molecular flexibility index (Phi) is 3.05. The number of benzene rings is 1. The van der Waals surface area contributed by atoms with E-state index in [1.54, 1.807) is 6.92 Å². The number of aryl methyl sites for hydroxylation is 1. The van der Waals surface area contributed by atoms with Crippen molar-refractivity contribution < 1.29 is 18.0 Å². The summed E-state index contributed by atoms with van der Waals surface area (Å²) >= 11 is 0. The molecule has 0 aliphatic rings. The highest BCUT2D eigenvalue weighted by Crippen LogP contribution is 2.20. The summed E-state index contributed by atoms with van der Waals surface area (Å²) in [6.45, 7) is 1.60. The van der Waals surface area contributed by atoms with Gasteiger partial charge >= 0.3 is 0 Å². The fourth-order valence-corrected chi connectivity index (χ4v) is 1.39. The minimum absolute atomic E-state index is 0.0548. The van der Waals surface area contributed by atoms with Gasteiger partial charge < -0.3 is 10.3 Å². The van der Waals surface area contributed by atoms with Gasteiger partial charge in [0.05, 0.1) is 12.0 Å². The van der Waals surface area contributed by atoms with Gasteiger partial charge in [-0.1, -0.05) is 0 Å². The highest BCUT2D eigenvalue weighted by molar-refractivity contribution is 6.03. The molecule has 2 rings (SSSR count). The SMILES string of the molecule is Cc1[nH]cnc1C(=O)Nc1ccc(F)c(F)c1F. The maximum absolute atomic E-state index is 13.3. The van der Waals surface area contributed by atoms with Gasteiger partial charge in [0.15, 0.2) is 17.5 Å². The molecule has 0 spiro atoms. The normalized spacial score (nSPS) is 10.4. The van der Waals surface area contributed by atoms with Gasteiger partial charge in [-0.15, -0.1) is 0 Å². The molecule has 2 N–H and O–H groups in total. The number of aromatic amines is 1. The van der Waals surface area contributed by atoms with Crippen LogP contribution in [0, 0.1) is 24.4 Å². The van der Waals surface area contributed by atoms with Crippen LogP contribution < -0.4 is 5.32 Å². The second-order valence-electron chi connectivity index (χ2n) is 3.55. The first-order valence-corrected chi connectivity index (χ1v) is 4.95. The fourth-order valence-electron chi connectivity index (χ4n) is 1.39. The number of anilines is 1. The summed E-state index contributed by atoms with van der Waals surface area (Å²) in [4.78, 5) is 18.1. The van der Waals surface area contributed by atoms with Gasteiger partial charge in [-0.3, -0.25) is 4.79 Å². The fraction of sp³-hybridized carbons (Fsp3) is 0.0909. The molecular weight excluding hydrogens is 247 g/mol. The molecule has 0 saturated heterocycles. The van der Waals surface area contributed by atoms with E-state index in [1.807, 2.05) is 0 Å². The average Bonchev–Trinajstić information content (AvgIpc) is 2.76.